The molecular weight excluding hydrogens is 354 g/mol. The van der Waals surface area contributed by atoms with E-state index in [0.717, 1.165) is 24.1 Å². The molecule has 1 aliphatic rings. The van der Waals surface area contributed by atoms with E-state index in [4.69, 9.17) is 4.42 Å². The third kappa shape index (κ3) is 3.86. The first-order valence-electron chi connectivity index (χ1n) is 9.12. The molecule has 1 heterocycles. The van der Waals surface area contributed by atoms with Crippen molar-refractivity contribution in [3.63, 3.8) is 0 Å². The first kappa shape index (κ1) is 17.7. The average Bonchev–Trinajstić information content (AvgIpc) is 2.74. The first-order chi connectivity index (χ1) is 13.7. The van der Waals surface area contributed by atoms with Crippen molar-refractivity contribution in [3.05, 3.63) is 94.0 Å². The maximum atomic E-state index is 12.4. The lowest BCUT2D eigenvalue weighted by atomic mass is 9.95. The Morgan fingerprint density at radius 3 is 2.43 bits per heavy atom. The number of hydrogen-bond acceptors (Lipinski definition) is 5. The van der Waals surface area contributed by atoms with E-state index in [-0.39, 0.29) is 11.6 Å². The standard InChI is InChI=1S/C22H19N3O3/c26-21(15-8-3-1-4-9-15)23-19-14-16-10-7-13-18(20(16)28-22(19)27)25-24-17-11-5-2-6-12-17/h1-6,8-9,11-12,14,24H,7,10,13H2,(H,23,26)/b25-18+. The Morgan fingerprint density at radius 1 is 0.964 bits per heavy atom. The van der Waals surface area contributed by atoms with Gasteiger partial charge in [0.05, 0.1) is 5.69 Å². The number of anilines is 2. The summed E-state index contributed by atoms with van der Waals surface area (Å²) in [6.07, 6.45) is 2.37. The van der Waals surface area contributed by atoms with Crippen LogP contribution in [0.15, 0.2) is 81.0 Å². The number of nitrogens with zero attached hydrogens (tertiary/aromatic N) is 1. The Bertz CT molecular complexity index is 1070. The second-order valence-corrected chi connectivity index (χ2v) is 6.51. The molecule has 1 amide bonds. The summed E-state index contributed by atoms with van der Waals surface area (Å²) in [4.78, 5) is 24.8. The van der Waals surface area contributed by atoms with Crippen molar-refractivity contribution in [2.75, 3.05) is 10.7 Å². The van der Waals surface area contributed by atoms with Crippen LogP contribution < -0.4 is 16.4 Å². The normalized spacial score (nSPS) is 14.4. The molecule has 2 N–H and O–H groups in total. The van der Waals surface area contributed by atoms with E-state index in [1.54, 1.807) is 30.3 Å². The summed E-state index contributed by atoms with van der Waals surface area (Å²) in [6.45, 7) is 0. The first-order valence-corrected chi connectivity index (χ1v) is 9.12. The average molecular weight is 373 g/mol. The molecule has 6 heteroatoms. The Balaban J connectivity index is 1.59. The van der Waals surface area contributed by atoms with Gasteiger partial charge in [0.1, 0.15) is 11.4 Å². The molecule has 0 atom stereocenters. The molecule has 0 radical (unpaired) electrons. The van der Waals surface area contributed by atoms with Gasteiger partial charge in [-0.25, -0.2) is 4.79 Å². The minimum Gasteiger partial charge on any atom is -0.420 e. The molecule has 0 saturated heterocycles. The lowest BCUT2D eigenvalue weighted by Gasteiger charge is -2.17. The van der Waals surface area contributed by atoms with Gasteiger partial charge in [-0.15, -0.1) is 0 Å². The molecule has 6 nitrogen and oxygen atoms in total. The molecule has 140 valence electrons. The van der Waals surface area contributed by atoms with Crippen LogP contribution in [-0.2, 0) is 6.42 Å². The number of hydrogen-bond donors (Lipinski definition) is 2. The largest absolute Gasteiger partial charge is 0.420 e. The van der Waals surface area contributed by atoms with E-state index in [2.05, 4.69) is 15.8 Å². The highest BCUT2D eigenvalue weighted by Gasteiger charge is 2.22. The van der Waals surface area contributed by atoms with Crippen LogP contribution in [-0.4, -0.2) is 11.6 Å². The summed E-state index contributed by atoms with van der Waals surface area (Å²) in [5, 5.41) is 7.07. The van der Waals surface area contributed by atoms with Crippen LogP contribution >= 0.6 is 0 Å². The summed E-state index contributed by atoms with van der Waals surface area (Å²) >= 11 is 0. The Labute approximate surface area is 161 Å². The van der Waals surface area contributed by atoms with Gasteiger partial charge in [-0.1, -0.05) is 36.4 Å². The monoisotopic (exact) mass is 373 g/mol. The summed E-state index contributed by atoms with van der Waals surface area (Å²) in [5.41, 5.74) is 5.46. The van der Waals surface area contributed by atoms with Gasteiger partial charge in [0, 0.05) is 5.56 Å². The second-order valence-electron chi connectivity index (χ2n) is 6.51. The molecule has 0 aliphatic heterocycles. The maximum absolute atomic E-state index is 12.4. The summed E-state index contributed by atoms with van der Waals surface area (Å²) in [7, 11) is 0. The van der Waals surface area contributed by atoms with Crippen molar-refractivity contribution in [3.8, 4) is 0 Å². The number of hydrazone groups is 1. The van der Waals surface area contributed by atoms with Gasteiger partial charge in [-0.3, -0.25) is 10.2 Å². The van der Waals surface area contributed by atoms with Crippen molar-refractivity contribution in [1.29, 1.82) is 0 Å². The lowest BCUT2D eigenvalue weighted by Crippen LogP contribution is -2.22. The van der Waals surface area contributed by atoms with Crippen LogP contribution in [0, 0.1) is 0 Å². The third-order valence-corrected chi connectivity index (χ3v) is 4.52. The van der Waals surface area contributed by atoms with Crippen LogP contribution in [0.2, 0.25) is 0 Å². The van der Waals surface area contributed by atoms with Gasteiger partial charge in [-0.05, 0) is 55.2 Å². The van der Waals surface area contributed by atoms with Crippen molar-refractivity contribution >= 4 is 23.0 Å². The molecule has 0 spiro atoms. The molecule has 1 aromatic heterocycles. The highest BCUT2D eigenvalue weighted by molar-refractivity contribution is 6.05. The van der Waals surface area contributed by atoms with Crippen LogP contribution in [0.3, 0.4) is 0 Å². The van der Waals surface area contributed by atoms with E-state index < -0.39 is 5.63 Å². The number of carbonyl (C=O) groups excluding carboxylic acids is 1. The predicted molar refractivity (Wildman–Crippen MR) is 109 cm³/mol. The van der Waals surface area contributed by atoms with Crippen LogP contribution in [0.25, 0.3) is 0 Å². The Kier molecular flexibility index (Phi) is 5.01. The van der Waals surface area contributed by atoms with Gasteiger partial charge in [-0.2, -0.15) is 5.10 Å². The molecule has 28 heavy (non-hydrogen) atoms. The SMILES string of the molecule is O=C(Nc1cc2c(oc1=O)/C(=N/Nc1ccccc1)CCC2)c1ccccc1. The van der Waals surface area contributed by atoms with Gasteiger partial charge in [0.25, 0.3) is 5.91 Å². The number of carbonyl (C=O) groups is 1. The molecule has 0 fully saturated rings. The number of amides is 1. The zero-order valence-electron chi connectivity index (χ0n) is 15.1. The maximum Gasteiger partial charge on any atom is 0.360 e. The van der Waals surface area contributed by atoms with Crippen LogP contribution in [0.5, 0.6) is 0 Å². The van der Waals surface area contributed by atoms with Crippen molar-refractivity contribution in [1.82, 2.24) is 0 Å². The zero-order valence-corrected chi connectivity index (χ0v) is 15.1. The van der Waals surface area contributed by atoms with E-state index in [1.165, 1.54) is 0 Å². The molecule has 2 aromatic carbocycles. The molecule has 0 bridgehead atoms. The quantitative estimate of drug-likeness (QED) is 0.676. The minimum atomic E-state index is -0.586. The van der Waals surface area contributed by atoms with Gasteiger partial charge >= 0.3 is 5.63 Å². The van der Waals surface area contributed by atoms with E-state index in [1.807, 2.05) is 36.4 Å². The van der Waals surface area contributed by atoms with Crippen LogP contribution in [0.1, 0.15) is 34.5 Å². The second kappa shape index (κ2) is 7.92. The smallest absolute Gasteiger partial charge is 0.360 e. The summed E-state index contributed by atoms with van der Waals surface area (Å²) in [6, 6.07) is 20.0. The number of benzene rings is 2. The van der Waals surface area contributed by atoms with E-state index in [9.17, 15) is 9.59 Å². The number of rotatable bonds is 4. The number of para-hydroxylation sites is 1. The van der Waals surface area contributed by atoms with Crippen LogP contribution in [0.4, 0.5) is 11.4 Å². The highest BCUT2D eigenvalue weighted by atomic mass is 16.4. The summed E-state index contributed by atoms with van der Waals surface area (Å²) < 4.78 is 5.53. The fourth-order valence-electron chi connectivity index (χ4n) is 3.12. The minimum absolute atomic E-state index is 0.143. The predicted octanol–water partition coefficient (Wildman–Crippen LogP) is 4.04. The van der Waals surface area contributed by atoms with Crippen molar-refractivity contribution in [2.45, 2.75) is 19.3 Å². The lowest BCUT2D eigenvalue weighted by molar-refractivity contribution is 0.102. The molecule has 4 rings (SSSR count). The fraction of sp³-hybridized carbons (Fsp3) is 0.136. The summed E-state index contributed by atoms with van der Waals surface area (Å²) in [5.74, 6) is 0.140. The van der Waals surface area contributed by atoms with Gasteiger partial charge in [0.2, 0.25) is 0 Å². The zero-order chi connectivity index (χ0) is 19.3. The molecule has 1 aliphatic carbocycles. The van der Waals surface area contributed by atoms with Gasteiger partial charge < -0.3 is 9.73 Å². The molecule has 0 unspecified atom stereocenters. The molecular formula is C22H19N3O3. The fourth-order valence-corrected chi connectivity index (χ4v) is 3.12. The van der Waals surface area contributed by atoms with Crippen molar-refractivity contribution < 1.29 is 9.21 Å². The Hall–Kier alpha value is -3.67. The number of fused-ring (bicyclic) bond motifs is 1. The van der Waals surface area contributed by atoms with E-state index >= 15 is 0 Å². The topological polar surface area (TPSA) is 83.7 Å². The highest BCUT2D eigenvalue weighted by Crippen LogP contribution is 2.23. The number of aryl methyl sites for hydroxylation is 1. The third-order valence-electron chi connectivity index (χ3n) is 4.52. The number of nitrogens with one attached hydrogen (secondary N) is 2. The molecule has 3 aromatic rings. The van der Waals surface area contributed by atoms with Crippen molar-refractivity contribution in [2.24, 2.45) is 5.10 Å². The Morgan fingerprint density at radius 2 is 1.68 bits per heavy atom. The molecule has 0 saturated carbocycles. The van der Waals surface area contributed by atoms with Gasteiger partial charge in [0.15, 0.2) is 5.76 Å². The van der Waals surface area contributed by atoms with E-state index in [0.29, 0.717) is 23.5 Å².